The quantitative estimate of drug-likeness (QED) is 0.520. The van der Waals surface area contributed by atoms with Crippen LogP contribution in [-0.2, 0) is 0 Å². The fourth-order valence-corrected chi connectivity index (χ4v) is 4.28. The Morgan fingerprint density at radius 3 is 2.59 bits per heavy atom. The molecule has 1 aliphatic heterocycles. The van der Waals surface area contributed by atoms with E-state index in [1.54, 1.807) is 23.5 Å². The Bertz CT molecular complexity index is 1080. The molecule has 27 heavy (non-hydrogen) atoms. The number of thiazole rings is 1. The van der Waals surface area contributed by atoms with Crippen LogP contribution in [0.4, 0.5) is 10.3 Å². The molecule has 4 aromatic rings. The second kappa shape index (κ2) is 6.74. The van der Waals surface area contributed by atoms with Gasteiger partial charge in [-0.1, -0.05) is 0 Å². The molecule has 0 spiro atoms. The number of nitrogens with zero attached hydrogens (tertiary/aromatic N) is 5. The predicted octanol–water partition coefficient (Wildman–Crippen LogP) is 4.65. The number of rotatable bonds is 3. The van der Waals surface area contributed by atoms with Gasteiger partial charge in [-0.2, -0.15) is 0 Å². The number of hydrogen-bond acceptors (Lipinski definition) is 5. The second-order valence-electron chi connectivity index (χ2n) is 6.66. The fraction of sp³-hybridized carbons (Fsp3) is 0.250. The molecule has 136 valence electrons. The van der Waals surface area contributed by atoms with E-state index in [1.807, 2.05) is 28.2 Å². The molecular weight excluding hydrogens is 361 g/mol. The zero-order valence-corrected chi connectivity index (χ0v) is 15.5. The van der Waals surface area contributed by atoms with Crippen molar-refractivity contribution in [2.45, 2.75) is 19.3 Å². The van der Waals surface area contributed by atoms with Crippen molar-refractivity contribution in [1.29, 1.82) is 0 Å². The highest BCUT2D eigenvalue weighted by atomic mass is 32.1. The van der Waals surface area contributed by atoms with E-state index in [4.69, 9.17) is 9.97 Å². The predicted molar refractivity (Wildman–Crippen MR) is 106 cm³/mol. The van der Waals surface area contributed by atoms with E-state index in [-0.39, 0.29) is 5.82 Å². The maximum absolute atomic E-state index is 13.4. The molecule has 4 heterocycles. The maximum Gasteiger partial charge on any atom is 0.225 e. The Balaban J connectivity index is 1.65. The van der Waals surface area contributed by atoms with Gasteiger partial charge in [0, 0.05) is 36.4 Å². The Hall–Kier alpha value is -2.80. The minimum absolute atomic E-state index is 0.254. The summed E-state index contributed by atoms with van der Waals surface area (Å²) in [5.74, 6) is 0.512. The molecule has 5 nitrogen and oxygen atoms in total. The summed E-state index contributed by atoms with van der Waals surface area (Å²) in [6, 6.07) is 8.37. The number of halogens is 1. The molecule has 0 saturated carbocycles. The molecule has 0 N–H and O–H groups in total. The van der Waals surface area contributed by atoms with E-state index in [0.717, 1.165) is 46.6 Å². The third-order valence-electron chi connectivity index (χ3n) is 4.90. The lowest BCUT2D eigenvalue weighted by Crippen LogP contribution is -2.31. The first-order valence-electron chi connectivity index (χ1n) is 9.09. The molecule has 1 saturated heterocycles. The molecule has 0 aliphatic carbocycles. The summed E-state index contributed by atoms with van der Waals surface area (Å²) >= 11 is 1.57. The van der Waals surface area contributed by atoms with Crippen LogP contribution in [0.1, 0.15) is 19.3 Å². The number of anilines is 1. The van der Waals surface area contributed by atoms with Gasteiger partial charge in [0.2, 0.25) is 5.95 Å². The van der Waals surface area contributed by atoms with Gasteiger partial charge in [0.05, 0.1) is 11.4 Å². The molecule has 3 aromatic heterocycles. The smallest absolute Gasteiger partial charge is 0.225 e. The van der Waals surface area contributed by atoms with E-state index in [0.29, 0.717) is 0 Å². The van der Waals surface area contributed by atoms with Gasteiger partial charge in [-0.3, -0.25) is 4.40 Å². The number of fused-ring (bicyclic) bond motifs is 1. The zero-order valence-electron chi connectivity index (χ0n) is 14.7. The fourth-order valence-electron chi connectivity index (χ4n) is 3.57. The number of piperidine rings is 1. The highest BCUT2D eigenvalue weighted by Crippen LogP contribution is 2.34. The van der Waals surface area contributed by atoms with E-state index in [2.05, 4.69) is 9.88 Å². The van der Waals surface area contributed by atoms with Crippen molar-refractivity contribution in [3.05, 3.63) is 53.9 Å². The Kier molecular flexibility index (Phi) is 4.09. The van der Waals surface area contributed by atoms with Crippen LogP contribution in [0.3, 0.4) is 0 Å². The molecule has 1 fully saturated rings. The first-order valence-corrected chi connectivity index (χ1v) is 9.97. The Morgan fingerprint density at radius 2 is 1.78 bits per heavy atom. The molecule has 0 amide bonds. The SMILES string of the molecule is Fc1ccc(-c2nc3sccn3c2-c2ccnc(N3CCCCC3)n2)cc1. The van der Waals surface area contributed by atoms with Gasteiger partial charge in [-0.15, -0.1) is 11.3 Å². The van der Waals surface area contributed by atoms with E-state index < -0.39 is 0 Å². The number of imidazole rings is 1. The van der Waals surface area contributed by atoms with Gasteiger partial charge in [-0.05, 0) is 49.6 Å². The van der Waals surface area contributed by atoms with Crippen LogP contribution in [0.2, 0.25) is 0 Å². The van der Waals surface area contributed by atoms with Crippen molar-refractivity contribution in [3.8, 4) is 22.6 Å². The van der Waals surface area contributed by atoms with E-state index in [9.17, 15) is 4.39 Å². The standard InChI is InChI=1S/C20H18FN5S/c21-15-6-4-14(5-7-15)17-18(26-12-13-27-20(26)24-17)16-8-9-22-19(23-16)25-10-2-1-3-11-25/h4-9,12-13H,1-3,10-11H2. The second-order valence-corrected chi connectivity index (χ2v) is 7.53. The highest BCUT2D eigenvalue weighted by Gasteiger charge is 2.20. The summed E-state index contributed by atoms with van der Waals surface area (Å²) in [7, 11) is 0. The topological polar surface area (TPSA) is 46.3 Å². The van der Waals surface area contributed by atoms with Crippen molar-refractivity contribution in [3.63, 3.8) is 0 Å². The molecule has 0 bridgehead atoms. The van der Waals surface area contributed by atoms with Crippen molar-refractivity contribution >= 4 is 22.2 Å². The van der Waals surface area contributed by atoms with Gasteiger partial charge < -0.3 is 4.90 Å². The summed E-state index contributed by atoms with van der Waals surface area (Å²) in [5.41, 5.74) is 3.43. The summed E-state index contributed by atoms with van der Waals surface area (Å²) < 4.78 is 15.4. The third kappa shape index (κ3) is 2.98. The van der Waals surface area contributed by atoms with Crippen LogP contribution in [0.5, 0.6) is 0 Å². The molecule has 7 heteroatoms. The van der Waals surface area contributed by atoms with Gasteiger partial charge in [0.15, 0.2) is 4.96 Å². The normalized spacial score (nSPS) is 14.8. The van der Waals surface area contributed by atoms with Crippen LogP contribution in [-0.4, -0.2) is 32.4 Å². The molecule has 5 rings (SSSR count). The van der Waals surface area contributed by atoms with E-state index in [1.165, 1.54) is 31.4 Å². The van der Waals surface area contributed by atoms with Gasteiger partial charge in [-0.25, -0.2) is 19.3 Å². The first-order chi connectivity index (χ1) is 13.3. The lowest BCUT2D eigenvalue weighted by Gasteiger charge is -2.26. The number of benzene rings is 1. The maximum atomic E-state index is 13.4. The van der Waals surface area contributed by atoms with Crippen LogP contribution >= 0.6 is 11.3 Å². The lowest BCUT2D eigenvalue weighted by atomic mass is 10.1. The van der Waals surface area contributed by atoms with Crippen LogP contribution in [0, 0.1) is 5.82 Å². The minimum atomic E-state index is -0.254. The van der Waals surface area contributed by atoms with Crippen molar-refractivity contribution in [2.24, 2.45) is 0 Å². The average molecular weight is 379 g/mol. The summed E-state index contributed by atoms with van der Waals surface area (Å²) in [6.45, 7) is 1.99. The largest absolute Gasteiger partial charge is 0.341 e. The number of hydrogen-bond donors (Lipinski definition) is 0. The molecule has 0 atom stereocenters. The first kappa shape index (κ1) is 16.4. The molecule has 1 aliphatic rings. The third-order valence-corrected chi connectivity index (χ3v) is 5.66. The Labute approximate surface area is 160 Å². The lowest BCUT2D eigenvalue weighted by molar-refractivity contribution is 0.568. The van der Waals surface area contributed by atoms with Crippen LogP contribution in [0.25, 0.3) is 27.6 Å². The molecule has 0 radical (unpaired) electrons. The summed E-state index contributed by atoms with van der Waals surface area (Å²) in [5, 5.41) is 2.01. The van der Waals surface area contributed by atoms with Crippen LogP contribution < -0.4 is 4.90 Å². The highest BCUT2D eigenvalue weighted by molar-refractivity contribution is 7.15. The van der Waals surface area contributed by atoms with Crippen LogP contribution in [0.15, 0.2) is 48.1 Å². The van der Waals surface area contributed by atoms with Gasteiger partial charge in [0.1, 0.15) is 11.5 Å². The summed E-state index contributed by atoms with van der Waals surface area (Å²) in [6.07, 6.45) is 7.43. The molecular formula is C20H18FN5S. The average Bonchev–Trinajstić information content (AvgIpc) is 3.30. The van der Waals surface area contributed by atoms with Gasteiger partial charge >= 0.3 is 0 Å². The van der Waals surface area contributed by atoms with Crippen molar-refractivity contribution < 1.29 is 4.39 Å². The van der Waals surface area contributed by atoms with Gasteiger partial charge in [0.25, 0.3) is 0 Å². The van der Waals surface area contributed by atoms with Crippen molar-refractivity contribution in [1.82, 2.24) is 19.4 Å². The summed E-state index contributed by atoms with van der Waals surface area (Å²) in [4.78, 5) is 17.3. The zero-order chi connectivity index (χ0) is 18.2. The minimum Gasteiger partial charge on any atom is -0.341 e. The van der Waals surface area contributed by atoms with E-state index >= 15 is 0 Å². The molecule has 1 aromatic carbocycles. The molecule has 0 unspecified atom stereocenters. The Morgan fingerprint density at radius 1 is 0.963 bits per heavy atom. The monoisotopic (exact) mass is 379 g/mol. The number of aromatic nitrogens is 4. The van der Waals surface area contributed by atoms with Crippen molar-refractivity contribution in [2.75, 3.05) is 18.0 Å².